The highest BCUT2D eigenvalue weighted by molar-refractivity contribution is 6.31. The minimum Gasteiger partial charge on any atom is -0.370 e. The standard InChI is InChI=1S/C17H28ClN3/c1-13(2)19-11-14-7-8-15(10-17(14)18)21(4)16-6-5-9-20(3)12-16/h7-8,10,13,16,19H,5-6,9,11-12H2,1-4H3. The summed E-state index contributed by atoms with van der Waals surface area (Å²) in [5.41, 5.74) is 2.39. The number of benzene rings is 1. The van der Waals surface area contributed by atoms with Gasteiger partial charge in [-0.05, 0) is 44.1 Å². The second-order valence-electron chi connectivity index (χ2n) is 6.48. The summed E-state index contributed by atoms with van der Waals surface area (Å²) < 4.78 is 0. The summed E-state index contributed by atoms with van der Waals surface area (Å²) >= 11 is 6.45. The molecule has 0 radical (unpaired) electrons. The zero-order valence-corrected chi connectivity index (χ0v) is 14.5. The fraction of sp³-hybridized carbons (Fsp3) is 0.647. The summed E-state index contributed by atoms with van der Waals surface area (Å²) in [7, 11) is 4.38. The normalized spacial score (nSPS) is 20.0. The molecule has 1 saturated heterocycles. The topological polar surface area (TPSA) is 18.5 Å². The van der Waals surface area contributed by atoms with E-state index in [-0.39, 0.29) is 0 Å². The Morgan fingerprint density at radius 2 is 2.19 bits per heavy atom. The second-order valence-corrected chi connectivity index (χ2v) is 6.89. The molecule has 1 heterocycles. The average Bonchev–Trinajstić information content (AvgIpc) is 2.45. The lowest BCUT2D eigenvalue weighted by Crippen LogP contribution is -2.45. The van der Waals surface area contributed by atoms with Crippen LogP contribution in [0.15, 0.2) is 18.2 Å². The van der Waals surface area contributed by atoms with Gasteiger partial charge in [0.25, 0.3) is 0 Å². The largest absolute Gasteiger partial charge is 0.370 e. The molecule has 21 heavy (non-hydrogen) atoms. The van der Waals surface area contributed by atoms with Crippen LogP contribution in [0.5, 0.6) is 0 Å². The van der Waals surface area contributed by atoms with Gasteiger partial charge in [0.05, 0.1) is 0 Å². The van der Waals surface area contributed by atoms with Crippen LogP contribution in [0.1, 0.15) is 32.3 Å². The van der Waals surface area contributed by atoms with Crippen LogP contribution in [0.25, 0.3) is 0 Å². The van der Waals surface area contributed by atoms with Crippen molar-refractivity contribution in [2.24, 2.45) is 0 Å². The monoisotopic (exact) mass is 309 g/mol. The molecular weight excluding hydrogens is 282 g/mol. The minimum atomic E-state index is 0.473. The van der Waals surface area contributed by atoms with E-state index in [1.54, 1.807) is 0 Å². The van der Waals surface area contributed by atoms with Gasteiger partial charge in [-0.25, -0.2) is 0 Å². The van der Waals surface area contributed by atoms with E-state index in [4.69, 9.17) is 11.6 Å². The lowest BCUT2D eigenvalue weighted by Gasteiger charge is -2.37. The average molecular weight is 310 g/mol. The van der Waals surface area contributed by atoms with E-state index in [9.17, 15) is 0 Å². The van der Waals surface area contributed by atoms with E-state index in [1.165, 1.54) is 30.6 Å². The van der Waals surface area contributed by atoms with Crippen LogP contribution in [0.2, 0.25) is 5.02 Å². The van der Waals surface area contributed by atoms with Crippen LogP contribution in [0.3, 0.4) is 0 Å². The molecule has 1 N–H and O–H groups in total. The molecule has 0 amide bonds. The highest BCUT2D eigenvalue weighted by Gasteiger charge is 2.21. The maximum absolute atomic E-state index is 6.45. The summed E-state index contributed by atoms with van der Waals surface area (Å²) in [5, 5.41) is 4.27. The smallest absolute Gasteiger partial charge is 0.0471 e. The van der Waals surface area contributed by atoms with Crippen molar-refractivity contribution in [1.82, 2.24) is 10.2 Å². The molecule has 3 nitrogen and oxygen atoms in total. The van der Waals surface area contributed by atoms with Crippen molar-refractivity contribution in [1.29, 1.82) is 0 Å². The van der Waals surface area contributed by atoms with E-state index >= 15 is 0 Å². The van der Waals surface area contributed by atoms with Gasteiger partial charge in [-0.3, -0.25) is 0 Å². The fourth-order valence-electron chi connectivity index (χ4n) is 2.88. The van der Waals surface area contributed by atoms with Crippen LogP contribution >= 0.6 is 11.6 Å². The highest BCUT2D eigenvalue weighted by atomic mass is 35.5. The Kier molecular flexibility index (Phi) is 5.91. The summed E-state index contributed by atoms with van der Waals surface area (Å²) in [4.78, 5) is 4.79. The predicted octanol–water partition coefficient (Wildman–Crippen LogP) is 3.37. The molecule has 118 valence electrons. The van der Waals surface area contributed by atoms with Crippen molar-refractivity contribution < 1.29 is 0 Å². The third-order valence-corrected chi connectivity index (χ3v) is 4.64. The number of piperidine rings is 1. The minimum absolute atomic E-state index is 0.473. The highest BCUT2D eigenvalue weighted by Crippen LogP contribution is 2.26. The summed E-state index contributed by atoms with van der Waals surface area (Å²) in [6.07, 6.45) is 2.53. The zero-order valence-electron chi connectivity index (χ0n) is 13.7. The molecule has 1 atom stereocenters. The van der Waals surface area contributed by atoms with Crippen LogP contribution in [-0.2, 0) is 6.54 Å². The molecule has 1 unspecified atom stereocenters. The molecule has 0 aromatic heterocycles. The number of nitrogens with one attached hydrogen (secondary N) is 1. The first-order valence-corrected chi connectivity index (χ1v) is 8.28. The molecule has 0 spiro atoms. The van der Waals surface area contributed by atoms with E-state index in [2.05, 4.69) is 61.3 Å². The van der Waals surface area contributed by atoms with Gasteiger partial charge >= 0.3 is 0 Å². The Morgan fingerprint density at radius 1 is 1.43 bits per heavy atom. The van der Waals surface area contributed by atoms with Gasteiger partial charge in [-0.1, -0.05) is 31.5 Å². The molecule has 0 bridgehead atoms. The summed E-state index contributed by atoms with van der Waals surface area (Å²) in [6.45, 7) is 7.47. The maximum atomic E-state index is 6.45. The Hall–Kier alpha value is -0.770. The van der Waals surface area contributed by atoms with E-state index in [1.807, 2.05) is 0 Å². The van der Waals surface area contributed by atoms with Crippen LogP contribution in [0, 0.1) is 0 Å². The van der Waals surface area contributed by atoms with Gasteiger partial charge in [0.15, 0.2) is 0 Å². The molecule has 1 fully saturated rings. The summed E-state index contributed by atoms with van der Waals surface area (Å²) in [6, 6.07) is 7.50. The number of hydrogen-bond acceptors (Lipinski definition) is 3. The van der Waals surface area contributed by atoms with Crippen molar-refractivity contribution in [2.45, 2.75) is 45.3 Å². The summed E-state index contributed by atoms with van der Waals surface area (Å²) in [5.74, 6) is 0. The van der Waals surface area contributed by atoms with Crippen LogP contribution in [-0.4, -0.2) is 44.2 Å². The molecule has 1 aliphatic heterocycles. The fourth-order valence-corrected chi connectivity index (χ4v) is 3.12. The lowest BCUT2D eigenvalue weighted by molar-refractivity contribution is 0.248. The van der Waals surface area contributed by atoms with Gasteiger partial charge in [0, 0.05) is 42.9 Å². The maximum Gasteiger partial charge on any atom is 0.0471 e. The number of rotatable bonds is 5. The first-order valence-electron chi connectivity index (χ1n) is 7.90. The number of halogens is 1. The molecule has 2 rings (SSSR count). The molecule has 1 aromatic rings. The van der Waals surface area contributed by atoms with E-state index in [0.29, 0.717) is 12.1 Å². The van der Waals surface area contributed by atoms with Crippen molar-refractivity contribution in [3.8, 4) is 0 Å². The molecule has 0 saturated carbocycles. The number of likely N-dealkylation sites (N-methyl/N-ethyl adjacent to an activating group) is 2. The van der Waals surface area contributed by atoms with Crippen molar-refractivity contribution in [3.63, 3.8) is 0 Å². The Morgan fingerprint density at radius 3 is 2.81 bits per heavy atom. The third kappa shape index (κ3) is 4.60. The molecule has 4 heteroatoms. The van der Waals surface area contributed by atoms with Crippen LogP contribution < -0.4 is 10.2 Å². The third-order valence-electron chi connectivity index (χ3n) is 4.29. The van der Waals surface area contributed by atoms with Gasteiger partial charge in [-0.2, -0.15) is 0 Å². The zero-order chi connectivity index (χ0) is 15.4. The Labute approximate surface area is 134 Å². The number of anilines is 1. The SMILES string of the molecule is CC(C)NCc1ccc(N(C)C2CCCN(C)C2)cc1Cl. The van der Waals surface area contributed by atoms with E-state index < -0.39 is 0 Å². The van der Waals surface area contributed by atoms with Gasteiger partial charge in [0.1, 0.15) is 0 Å². The van der Waals surface area contributed by atoms with Crippen molar-refractivity contribution >= 4 is 17.3 Å². The predicted molar refractivity (Wildman–Crippen MR) is 92.3 cm³/mol. The lowest BCUT2D eigenvalue weighted by atomic mass is 10.0. The van der Waals surface area contributed by atoms with Gasteiger partial charge < -0.3 is 15.1 Å². The van der Waals surface area contributed by atoms with Gasteiger partial charge in [0.2, 0.25) is 0 Å². The second kappa shape index (κ2) is 7.48. The molecule has 1 aliphatic rings. The number of likely N-dealkylation sites (tertiary alicyclic amines) is 1. The molecular formula is C17H28ClN3. The Balaban J connectivity index is 2.04. The van der Waals surface area contributed by atoms with E-state index in [0.717, 1.165) is 18.1 Å². The van der Waals surface area contributed by atoms with Crippen molar-refractivity contribution in [3.05, 3.63) is 28.8 Å². The molecule has 1 aromatic carbocycles. The number of nitrogens with zero attached hydrogens (tertiary/aromatic N) is 2. The molecule has 0 aliphatic carbocycles. The van der Waals surface area contributed by atoms with Crippen molar-refractivity contribution in [2.75, 3.05) is 32.1 Å². The quantitative estimate of drug-likeness (QED) is 0.899. The van der Waals surface area contributed by atoms with Crippen LogP contribution in [0.4, 0.5) is 5.69 Å². The first-order chi connectivity index (χ1) is 9.97. The Bertz CT molecular complexity index is 461. The van der Waals surface area contributed by atoms with Gasteiger partial charge in [-0.15, -0.1) is 0 Å². The number of hydrogen-bond donors (Lipinski definition) is 1. The first kappa shape index (κ1) is 16.6.